The molecule has 1 amide bonds. The van der Waals surface area contributed by atoms with Crippen LogP contribution >= 0.6 is 23.1 Å². The number of hydrogen-bond acceptors (Lipinski definition) is 4. The highest BCUT2D eigenvalue weighted by Crippen LogP contribution is 2.23. The van der Waals surface area contributed by atoms with Crippen molar-refractivity contribution in [2.75, 3.05) is 12.9 Å². The van der Waals surface area contributed by atoms with E-state index in [1.54, 1.807) is 18.9 Å². The van der Waals surface area contributed by atoms with Crippen LogP contribution in [0.5, 0.6) is 5.75 Å². The van der Waals surface area contributed by atoms with E-state index in [1.807, 2.05) is 54.1 Å². The SMILES string of the molecule is CCSc1cccc(C(=O)N=c2sc3cc(OC)ccc3n2C)c1. The molecule has 6 heteroatoms. The predicted octanol–water partition coefficient (Wildman–Crippen LogP) is 4.10. The van der Waals surface area contributed by atoms with Gasteiger partial charge in [-0.2, -0.15) is 4.99 Å². The lowest BCUT2D eigenvalue weighted by Gasteiger charge is -2.00. The Balaban J connectivity index is 2.01. The number of fused-ring (bicyclic) bond motifs is 1. The number of methoxy groups -OCH3 is 1. The second-order valence-electron chi connectivity index (χ2n) is 5.16. The molecule has 4 nitrogen and oxygen atoms in total. The molecule has 24 heavy (non-hydrogen) atoms. The summed E-state index contributed by atoms with van der Waals surface area (Å²) in [6.45, 7) is 2.09. The van der Waals surface area contributed by atoms with Crippen molar-refractivity contribution >= 4 is 39.2 Å². The molecule has 0 fully saturated rings. The van der Waals surface area contributed by atoms with Crippen LogP contribution in [0.2, 0.25) is 0 Å². The van der Waals surface area contributed by atoms with Gasteiger partial charge in [-0.15, -0.1) is 11.8 Å². The lowest BCUT2D eigenvalue weighted by Crippen LogP contribution is -2.13. The zero-order valence-corrected chi connectivity index (χ0v) is 15.4. The molecule has 0 atom stereocenters. The van der Waals surface area contributed by atoms with E-state index in [2.05, 4.69) is 11.9 Å². The largest absolute Gasteiger partial charge is 0.497 e. The molecule has 2 aromatic carbocycles. The Kier molecular flexibility index (Phi) is 5.06. The topological polar surface area (TPSA) is 43.6 Å². The van der Waals surface area contributed by atoms with Gasteiger partial charge >= 0.3 is 0 Å². The first-order chi connectivity index (χ1) is 11.6. The molecule has 0 spiro atoms. The number of thiazole rings is 1. The zero-order chi connectivity index (χ0) is 17.1. The van der Waals surface area contributed by atoms with Crippen molar-refractivity contribution < 1.29 is 9.53 Å². The van der Waals surface area contributed by atoms with Crippen LogP contribution in [-0.4, -0.2) is 23.3 Å². The van der Waals surface area contributed by atoms with Crippen LogP contribution in [0.1, 0.15) is 17.3 Å². The first-order valence-electron chi connectivity index (χ1n) is 7.58. The Morgan fingerprint density at radius 3 is 2.88 bits per heavy atom. The van der Waals surface area contributed by atoms with E-state index in [-0.39, 0.29) is 5.91 Å². The third-order valence-corrected chi connectivity index (χ3v) is 5.58. The van der Waals surface area contributed by atoms with Crippen LogP contribution < -0.4 is 9.54 Å². The molecular weight excluding hydrogens is 340 g/mol. The summed E-state index contributed by atoms with van der Waals surface area (Å²) in [5.74, 6) is 1.55. The third-order valence-electron chi connectivity index (χ3n) is 3.61. The van der Waals surface area contributed by atoms with Gasteiger partial charge in [0.15, 0.2) is 4.80 Å². The summed E-state index contributed by atoms with van der Waals surface area (Å²) < 4.78 is 8.23. The maximum Gasteiger partial charge on any atom is 0.279 e. The molecule has 0 aliphatic rings. The first-order valence-corrected chi connectivity index (χ1v) is 9.38. The van der Waals surface area contributed by atoms with E-state index in [9.17, 15) is 4.79 Å². The molecule has 0 unspecified atom stereocenters. The fourth-order valence-corrected chi connectivity index (χ4v) is 4.15. The van der Waals surface area contributed by atoms with E-state index in [4.69, 9.17) is 4.74 Å². The Morgan fingerprint density at radius 2 is 2.12 bits per heavy atom. The van der Waals surface area contributed by atoms with Crippen LogP contribution in [0, 0.1) is 0 Å². The molecule has 1 aromatic heterocycles. The minimum atomic E-state index is -0.220. The molecule has 0 aliphatic carbocycles. The third kappa shape index (κ3) is 3.39. The summed E-state index contributed by atoms with van der Waals surface area (Å²) in [6.07, 6.45) is 0. The number of rotatable bonds is 4. The Morgan fingerprint density at radius 1 is 1.29 bits per heavy atom. The maximum atomic E-state index is 12.5. The van der Waals surface area contributed by atoms with Crippen LogP contribution in [0.25, 0.3) is 10.2 Å². The fraction of sp³-hybridized carbons (Fsp3) is 0.222. The highest BCUT2D eigenvalue weighted by atomic mass is 32.2. The number of hydrogen-bond donors (Lipinski definition) is 0. The molecule has 0 saturated heterocycles. The van der Waals surface area contributed by atoms with Gasteiger partial charge in [0.25, 0.3) is 5.91 Å². The lowest BCUT2D eigenvalue weighted by molar-refractivity contribution is 0.0997. The zero-order valence-electron chi connectivity index (χ0n) is 13.8. The summed E-state index contributed by atoms with van der Waals surface area (Å²) in [5, 5.41) is 0. The van der Waals surface area contributed by atoms with Gasteiger partial charge in [-0.3, -0.25) is 4.79 Å². The Labute approximate surface area is 148 Å². The normalized spacial score (nSPS) is 11.9. The summed E-state index contributed by atoms with van der Waals surface area (Å²) in [6, 6.07) is 13.5. The molecule has 3 rings (SSSR count). The van der Waals surface area contributed by atoms with Crippen molar-refractivity contribution in [1.29, 1.82) is 0 Å². The molecule has 1 heterocycles. The van der Waals surface area contributed by atoms with Crippen LogP contribution in [0.4, 0.5) is 0 Å². The Hall–Kier alpha value is -2.05. The summed E-state index contributed by atoms with van der Waals surface area (Å²) in [5.41, 5.74) is 1.64. The first kappa shape index (κ1) is 16.8. The minimum absolute atomic E-state index is 0.220. The summed E-state index contributed by atoms with van der Waals surface area (Å²) in [4.78, 5) is 18.6. The van der Waals surface area contributed by atoms with Crippen molar-refractivity contribution in [1.82, 2.24) is 4.57 Å². The highest BCUT2D eigenvalue weighted by Gasteiger charge is 2.08. The molecule has 0 saturated carbocycles. The van der Waals surface area contributed by atoms with Crippen molar-refractivity contribution in [2.24, 2.45) is 12.0 Å². The summed E-state index contributed by atoms with van der Waals surface area (Å²) >= 11 is 3.19. The standard InChI is InChI=1S/C18H18N2O2S2/c1-4-23-14-7-5-6-12(10-14)17(21)19-18-20(2)15-9-8-13(22-3)11-16(15)24-18/h5-11H,4H2,1-3H3. The van der Waals surface area contributed by atoms with Gasteiger partial charge in [0, 0.05) is 17.5 Å². The summed E-state index contributed by atoms with van der Waals surface area (Å²) in [7, 11) is 3.56. The lowest BCUT2D eigenvalue weighted by atomic mass is 10.2. The number of amides is 1. The van der Waals surface area contributed by atoms with E-state index in [0.29, 0.717) is 10.4 Å². The van der Waals surface area contributed by atoms with E-state index in [0.717, 1.165) is 26.6 Å². The molecule has 0 radical (unpaired) electrons. The van der Waals surface area contributed by atoms with Gasteiger partial charge < -0.3 is 9.30 Å². The minimum Gasteiger partial charge on any atom is -0.497 e. The maximum absolute atomic E-state index is 12.5. The van der Waals surface area contributed by atoms with E-state index in [1.165, 1.54) is 11.3 Å². The van der Waals surface area contributed by atoms with E-state index < -0.39 is 0 Å². The molecule has 0 bridgehead atoms. The number of carbonyl (C=O) groups excluding carboxylic acids is 1. The molecule has 0 aliphatic heterocycles. The number of thioether (sulfide) groups is 1. The number of carbonyl (C=O) groups is 1. The van der Waals surface area contributed by atoms with Crippen molar-refractivity contribution in [2.45, 2.75) is 11.8 Å². The molecule has 3 aromatic rings. The Bertz CT molecular complexity index is 957. The van der Waals surface area contributed by atoms with Gasteiger partial charge in [-0.05, 0) is 42.2 Å². The van der Waals surface area contributed by atoms with E-state index >= 15 is 0 Å². The van der Waals surface area contributed by atoms with Crippen molar-refractivity contribution in [3.63, 3.8) is 0 Å². The molecular formula is C18H18N2O2S2. The monoisotopic (exact) mass is 358 g/mol. The van der Waals surface area contributed by atoms with Crippen LogP contribution in [0.15, 0.2) is 52.4 Å². The number of nitrogens with zero attached hydrogens (tertiary/aromatic N) is 2. The number of aryl methyl sites for hydroxylation is 1. The quantitative estimate of drug-likeness (QED) is 0.660. The second-order valence-corrected chi connectivity index (χ2v) is 7.50. The van der Waals surface area contributed by atoms with Gasteiger partial charge in [-0.25, -0.2) is 0 Å². The van der Waals surface area contributed by atoms with Crippen LogP contribution in [-0.2, 0) is 7.05 Å². The van der Waals surface area contributed by atoms with Gasteiger partial charge in [0.05, 0.1) is 17.3 Å². The second kappa shape index (κ2) is 7.23. The average molecular weight is 358 g/mol. The van der Waals surface area contributed by atoms with Gasteiger partial charge in [-0.1, -0.05) is 24.3 Å². The highest BCUT2D eigenvalue weighted by molar-refractivity contribution is 7.99. The number of aromatic nitrogens is 1. The molecule has 0 N–H and O–H groups in total. The van der Waals surface area contributed by atoms with Crippen LogP contribution in [0.3, 0.4) is 0 Å². The number of benzene rings is 2. The van der Waals surface area contributed by atoms with Gasteiger partial charge in [0.1, 0.15) is 5.75 Å². The van der Waals surface area contributed by atoms with Gasteiger partial charge in [0.2, 0.25) is 0 Å². The fourth-order valence-electron chi connectivity index (χ4n) is 2.38. The van der Waals surface area contributed by atoms with Crippen molar-refractivity contribution in [3.8, 4) is 5.75 Å². The van der Waals surface area contributed by atoms with Crippen molar-refractivity contribution in [3.05, 3.63) is 52.8 Å². The predicted molar refractivity (Wildman–Crippen MR) is 100 cm³/mol. The smallest absolute Gasteiger partial charge is 0.279 e. The molecule has 124 valence electrons. The number of ether oxygens (including phenoxy) is 1. The average Bonchev–Trinajstić information content (AvgIpc) is 2.90.